The summed E-state index contributed by atoms with van der Waals surface area (Å²) in [6.07, 6.45) is 2.72. The molecule has 1 aromatic carbocycles. The van der Waals surface area contributed by atoms with Crippen LogP contribution in [-0.2, 0) is 4.79 Å². The summed E-state index contributed by atoms with van der Waals surface area (Å²) in [5, 5.41) is 0. The minimum absolute atomic E-state index is 0.432. The molecule has 0 aliphatic carbocycles. The Labute approximate surface area is 117 Å². The van der Waals surface area contributed by atoms with Gasteiger partial charge in [0.25, 0.3) is 11.7 Å². The monoisotopic (exact) mass is 281 g/mol. The SMILES string of the molecule is COc1ccc2c(c1)C(=O)C(=O)N2CCCCCCl. The van der Waals surface area contributed by atoms with Crippen molar-refractivity contribution in [2.45, 2.75) is 19.3 Å². The van der Waals surface area contributed by atoms with Crippen molar-refractivity contribution in [2.75, 3.05) is 24.4 Å². The van der Waals surface area contributed by atoms with Crippen molar-refractivity contribution in [3.8, 4) is 5.75 Å². The molecule has 1 aliphatic rings. The second-order valence-corrected chi connectivity index (χ2v) is 4.80. The van der Waals surface area contributed by atoms with E-state index in [0.29, 0.717) is 29.4 Å². The van der Waals surface area contributed by atoms with Crippen LogP contribution in [0.15, 0.2) is 18.2 Å². The molecular weight excluding hydrogens is 266 g/mol. The molecule has 0 N–H and O–H groups in total. The van der Waals surface area contributed by atoms with E-state index in [1.165, 1.54) is 7.11 Å². The van der Waals surface area contributed by atoms with Gasteiger partial charge in [-0.25, -0.2) is 0 Å². The van der Waals surface area contributed by atoms with Gasteiger partial charge in [0.2, 0.25) is 0 Å². The van der Waals surface area contributed by atoms with Crippen LogP contribution in [0.3, 0.4) is 0 Å². The zero-order valence-corrected chi connectivity index (χ0v) is 11.6. The predicted octanol–water partition coefficient (Wildman–Crippen LogP) is 2.63. The maximum Gasteiger partial charge on any atom is 0.299 e. The fourth-order valence-corrected chi connectivity index (χ4v) is 2.36. The standard InChI is InChI=1S/C14H16ClNO3/c1-19-10-5-6-12-11(9-10)13(17)14(18)16(12)8-4-2-3-7-15/h5-6,9H,2-4,7-8H2,1H3. The summed E-state index contributed by atoms with van der Waals surface area (Å²) in [7, 11) is 1.53. The maximum atomic E-state index is 11.9. The van der Waals surface area contributed by atoms with Gasteiger partial charge in [-0.1, -0.05) is 6.42 Å². The Kier molecular flexibility index (Phi) is 4.43. The molecule has 1 aliphatic heterocycles. The van der Waals surface area contributed by atoms with Crippen molar-refractivity contribution in [2.24, 2.45) is 0 Å². The number of carbonyl (C=O) groups excluding carboxylic acids is 2. The predicted molar refractivity (Wildman–Crippen MR) is 74.2 cm³/mol. The van der Waals surface area contributed by atoms with Crippen LogP contribution in [-0.4, -0.2) is 31.2 Å². The van der Waals surface area contributed by atoms with Crippen molar-refractivity contribution < 1.29 is 14.3 Å². The lowest BCUT2D eigenvalue weighted by atomic mass is 10.1. The summed E-state index contributed by atoms with van der Waals surface area (Å²) < 4.78 is 5.07. The zero-order chi connectivity index (χ0) is 13.8. The van der Waals surface area contributed by atoms with E-state index in [4.69, 9.17) is 16.3 Å². The van der Waals surface area contributed by atoms with Gasteiger partial charge in [-0.2, -0.15) is 0 Å². The average Bonchev–Trinajstić information content (AvgIpc) is 2.67. The van der Waals surface area contributed by atoms with Gasteiger partial charge < -0.3 is 9.64 Å². The van der Waals surface area contributed by atoms with Crippen LogP contribution in [0.1, 0.15) is 29.6 Å². The van der Waals surface area contributed by atoms with E-state index in [1.807, 2.05) is 0 Å². The first kappa shape index (κ1) is 13.9. The van der Waals surface area contributed by atoms with Crippen molar-refractivity contribution in [1.82, 2.24) is 0 Å². The second-order valence-electron chi connectivity index (χ2n) is 4.42. The highest BCUT2D eigenvalue weighted by Gasteiger charge is 2.35. The molecule has 4 nitrogen and oxygen atoms in total. The third kappa shape index (κ3) is 2.73. The Morgan fingerprint density at radius 3 is 2.68 bits per heavy atom. The van der Waals surface area contributed by atoms with Crippen molar-refractivity contribution in [1.29, 1.82) is 0 Å². The number of alkyl halides is 1. The smallest absolute Gasteiger partial charge is 0.299 e. The van der Waals surface area contributed by atoms with Gasteiger partial charge in [0, 0.05) is 12.4 Å². The summed E-state index contributed by atoms with van der Waals surface area (Å²) in [4.78, 5) is 25.4. The van der Waals surface area contributed by atoms with E-state index >= 15 is 0 Å². The molecule has 1 aromatic rings. The largest absolute Gasteiger partial charge is 0.497 e. The quantitative estimate of drug-likeness (QED) is 0.457. The molecule has 0 spiro atoms. The molecule has 1 heterocycles. The Bertz CT molecular complexity index is 501. The Hall–Kier alpha value is -1.55. The minimum Gasteiger partial charge on any atom is -0.497 e. The number of hydrogen-bond donors (Lipinski definition) is 0. The molecule has 0 saturated heterocycles. The lowest BCUT2D eigenvalue weighted by Gasteiger charge is -2.16. The molecule has 0 bridgehead atoms. The summed E-state index contributed by atoms with van der Waals surface area (Å²) in [5.41, 5.74) is 1.11. The molecule has 1 amide bonds. The topological polar surface area (TPSA) is 46.6 Å². The van der Waals surface area contributed by atoms with Gasteiger partial charge >= 0.3 is 0 Å². The molecule has 0 aromatic heterocycles. The number of anilines is 1. The van der Waals surface area contributed by atoms with Crippen LogP contribution in [0, 0.1) is 0 Å². The molecule has 2 rings (SSSR count). The number of methoxy groups -OCH3 is 1. The summed E-state index contributed by atoms with van der Waals surface area (Å²) in [5.74, 6) is 0.310. The summed E-state index contributed by atoms with van der Waals surface area (Å²) in [6, 6.07) is 5.14. The number of amides is 1. The number of nitrogens with zero attached hydrogens (tertiary/aromatic N) is 1. The first-order chi connectivity index (χ1) is 9.19. The number of halogens is 1. The molecule has 102 valence electrons. The van der Waals surface area contributed by atoms with E-state index in [9.17, 15) is 9.59 Å². The molecule has 5 heteroatoms. The van der Waals surface area contributed by atoms with Crippen LogP contribution >= 0.6 is 11.6 Å². The van der Waals surface area contributed by atoms with Crippen molar-refractivity contribution in [3.05, 3.63) is 23.8 Å². The highest BCUT2D eigenvalue weighted by atomic mass is 35.5. The summed E-state index contributed by atoms with van der Waals surface area (Å²) in [6.45, 7) is 0.556. The highest BCUT2D eigenvalue weighted by molar-refractivity contribution is 6.52. The van der Waals surface area contributed by atoms with E-state index in [-0.39, 0.29) is 0 Å². The van der Waals surface area contributed by atoms with E-state index < -0.39 is 11.7 Å². The lowest BCUT2D eigenvalue weighted by molar-refractivity contribution is -0.114. The third-order valence-corrected chi connectivity index (χ3v) is 3.46. The first-order valence-corrected chi connectivity index (χ1v) is 6.82. The van der Waals surface area contributed by atoms with Crippen LogP contribution < -0.4 is 9.64 Å². The van der Waals surface area contributed by atoms with Crippen LogP contribution in [0.2, 0.25) is 0 Å². The average molecular weight is 282 g/mol. The molecule has 0 saturated carbocycles. The zero-order valence-electron chi connectivity index (χ0n) is 10.8. The first-order valence-electron chi connectivity index (χ1n) is 6.29. The number of Topliss-reactive ketones (excluding diaryl/α,β-unsaturated/α-hetero) is 1. The Morgan fingerprint density at radius 2 is 2.00 bits per heavy atom. The number of hydrogen-bond acceptors (Lipinski definition) is 3. The lowest BCUT2D eigenvalue weighted by Crippen LogP contribution is -2.30. The fourth-order valence-electron chi connectivity index (χ4n) is 2.17. The number of unbranched alkanes of at least 4 members (excludes halogenated alkanes) is 2. The molecule has 19 heavy (non-hydrogen) atoms. The van der Waals surface area contributed by atoms with Gasteiger partial charge in [0.1, 0.15) is 5.75 Å². The van der Waals surface area contributed by atoms with E-state index in [2.05, 4.69) is 0 Å². The van der Waals surface area contributed by atoms with Crippen LogP contribution in [0.5, 0.6) is 5.75 Å². The third-order valence-electron chi connectivity index (χ3n) is 3.19. The molecule has 0 radical (unpaired) electrons. The number of fused-ring (bicyclic) bond motifs is 1. The number of ketones is 1. The summed E-state index contributed by atoms with van der Waals surface area (Å²) >= 11 is 5.61. The van der Waals surface area contributed by atoms with Crippen LogP contribution in [0.4, 0.5) is 5.69 Å². The molecule has 0 fully saturated rings. The molecule has 0 atom stereocenters. The molecular formula is C14H16ClNO3. The Balaban J connectivity index is 2.15. The number of carbonyl (C=O) groups is 2. The van der Waals surface area contributed by atoms with Gasteiger partial charge in [0.15, 0.2) is 0 Å². The van der Waals surface area contributed by atoms with E-state index in [1.54, 1.807) is 23.1 Å². The van der Waals surface area contributed by atoms with Crippen molar-refractivity contribution >= 4 is 29.0 Å². The van der Waals surface area contributed by atoms with E-state index in [0.717, 1.165) is 19.3 Å². The number of benzene rings is 1. The van der Waals surface area contributed by atoms with Crippen LogP contribution in [0.25, 0.3) is 0 Å². The maximum absolute atomic E-state index is 11.9. The number of rotatable bonds is 6. The van der Waals surface area contributed by atoms with Gasteiger partial charge in [-0.15, -0.1) is 11.6 Å². The second kappa shape index (κ2) is 6.06. The molecule has 0 unspecified atom stereocenters. The van der Waals surface area contributed by atoms with Gasteiger partial charge in [-0.05, 0) is 31.0 Å². The van der Waals surface area contributed by atoms with Crippen molar-refractivity contribution in [3.63, 3.8) is 0 Å². The normalized spacial score (nSPS) is 13.9. The van der Waals surface area contributed by atoms with Gasteiger partial charge in [-0.3, -0.25) is 9.59 Å². The Morgan fingerprint density at radius 1 is 1.21 bits per heavy atom. The van der Waals surface area contributed by atoms with Gasteiger partial charge in [0.05, 0.1) is 18.4 Å². The fraction of sp³-hybridized carbons (Fsp3) is 0.429. The highest BCUT2D eigenvalue weighted by Crippen LogP contribution is 2.32. The number of ether oxygens (including phenoxy) is 1. The minimum atomic E-state index is -0.453.